The molecule has 1 nitrogen and oxygen atoms in total. The van der Waals surface area contributed by atoms with Crippen LogP contribution >= 0.6 is 0 Å². The van der Waals surface area contributed by atoms with Crippen molar-refractivity contribution in [3.63, 3.8) is 0 Å². The normalized spacial score (nSPS) is 5.29. The van der Waals surface area contributed by atoms with E-state index in [0.717, 1.165) is 25.7 Å². The molecule has 0 spiro atoms. The summed E-state index contributed by atoms with van der Waals surface area (Å²) in [5.74, 6) is 4.64. The van der Waals surface area contributed by atoms with Gasteiger partial charge in [0.15, 0.2) is 0 Å². The van der Waals surface area contributed by atoms with E-state index in [1.54, 1.807) is 0 Å². The maximum atomic E-state index is 6.46. The molecule has 0 aromatic rings. The summed E-state index contributed by atoms with van der Waals surface area (Å²) < 4.78 is 0. The van der Waals surface area contributed by atoms with Crippen LogP contribution in [0.25, 0.3) is 0 Å². The van der Waals surface area contributed by atoms with Gasteiger partial charge in [0.2, 0.25) is 0 Å². The monoisotopic (exact) mass is 265 g/mol. The standard InChI is InChI=1S/2C6H9.CN.Cu.2Li/c2*1-3-5-6-4-2;1-2;;;/h2*3,5-6H2,1H3;;;;/q3*-1;+2;;+1. The molecule has 0 unspecified atom stereocenters. The molecule has 0 aromatic heterocycles. The second-order valence-corrected chi connectivity index (χ2v) is 2.56. The molecule has 0 fully saturated rings. The Morgan fingerprint density at radius 2 is 1.12 bits per heavy atom. The molecule has 0 saturated heterocycles. The molecule has 2 radical (unpaired) electrons. The van der Waals surface area contributed by atoms with Crippen LogP contribution in [-0.2, 0) is 17.1 Å². The Bertz CT molecular complexity index is 162. The Morgan fingerprint density at radius 3 is 1.18 bits per heavy atom. The molecule has 0 bridgehead atoms. The van der Waals surface area contributed by atoms with Gasteiger partial charge in [-0.3, -0.25) is 0 Å². The topological polar surface area (TPSA) is 23.8 Å². The van der Waals surface area contributed by atoms with Gasteiger partial charge in [-0.05, 0) is 25.7 Å². The molecule has 0 atom stereocenters. The van der Waals surface area contributed by atoms with Crippen molar-refractivity contribution in [2.24, 2.45) is 0 Å². The van der Waals surface area contributed by atoms with Gasteiger partial charge in [-0.25, -0.2) is 0 Å². The van der Waals surface area contributed by atoms with Crippen LogP contribution in [0.2, 0.25) is 0 Å². The van der Waals surface area contributed by atoms with Gasteiger partial charge in [-0.2, -0.15) is 0 Å². The Kier molecular flexibility index (Phi) is 117. The second-order valence-electron chi connectivity index (χ2n) is 2.56. The van der Waals surface area contributed by atoms with E-state index in [9.17, 15) is 0 Å². The van der Waals surface area contributed by atoms with E-state index in [1.807, 2.05) is 0 Å². The van der Waals surface area contributed by atoms with Crippen molar-refractivity contribution in [2.75, 3.05) is 0 Å². The number of hydrogen-bond acceptors (Lipinski definition) is 1. The predicted octanol–water partition coefficient (Wildman–Crippen LogP) is 0.250. The van der Waals surface area contributed by atoms with Crippen LogP contribution in [0.3, 0.4) is 0 Å². The first kappa shape index (κ1) is 36.0. The molecule has 0 N–H and O–H groups in total. The Hall–Kier alpha value is 0.324. The van der Waals surface area contributed by atoms with E-state index < -0.39 is 0 Å². The third kappa shape index (κ3) is 83.7. The minimum absolute atomic E-state index is 0. The minimum atomic E-state index is 0. The van der Waals surface area contributed by atoms with Gasteiger partial charge in [0.25, 0.3) is 0 Å². The number of rotatable bonds is 4. The largest absolute Gasteiger partial charge is 2.00 e. The fourth-order valence-corrected chi connectivity index (χ4v) is 0.530. The van der Waals surface area contributed by atoms with Gasteiger partial charge in [-0.1, -0.05) is 26.7 Å². The van der Waals surface area contributed by atoms with E-state index >= 15 is 0 Å². The average molecular weight is 266 g/mol. The Balaban J connectivity index is -0.0000000268. The second kappa shape index (κ2) is 55.3. The zero-order valence-electron chi connectivity index (χ0n) is 11.5. The molecule has 0 aliphatic heterocycles. The molecule has 0 heterocycles. The first-order chi connectivity index (χ1) is 6.83. The van der Waals surface area contributed by atoms with E-state index in [1.165, 1.54) is 12.8 Å². The van der Waals surface area contributed by atoms with Gasteiger partial charge in [0.1, 0.15) is 0 Å². The van der Waals surface area contributed by atoms with Crippen molar-refractivity contribution in [3.8, 4) is 11.8 Å². The molecule has 4 heteroatoms. The number of hydrogen-bond donors (Lipinski definition) is 0. The minimum Gasteiger partial charge on any atom is -0.694 e. The fraction of sp³-hybridized carbons (Fsp3) is 0.615. The third-order valence-corrected chi connectivity index (χ3v) is 1.31. The zero-order valence-corrected chi connectivity index (χ0v) is 12.4. The molecule has 0 amide bonds. The van der Waals surface area contributed by atoms with Crippen molar-refractivity contribution < 1.29 is 35.9 Å². The third-order valence-electron chi connectivity index (χ3n) is 1.31. The molecule has 0 aromatic carbocycles. The van der Waals surface area contributed by atoms with Crippen LogP contribution in [0.15, 0.2) is 0 Å². The Labute approximate surface area is 143 Å². The van der Waals surface area contributed by atoms with Gasteiger partial charge < -0.3 is 36.5 Å². The molecular weight excluding hydrogens is 248 g/mol. The van der Waals surface area contributed by atoms with Crippen LogP contribution in [-0.4, -0.2) is 18.9 Å². The maximum Gasteiger partial charge on any atom is 2.00 e. The van der Waals surface area contributed by atoms with Crippen LogP contribution < -0.4 is 18.9 Å². The van der Waals surface area contributed by atoms with E-state index in [0.29, 0.717) is 0 Å². The first-order valence-electron chi connectivity index (χ1n) is 4.84. The molecule has 0 rings (SSSR count). The summed E-state index contributed by atoms with van der Waals surface area (Å²) in [5.41, 5.74) is 0. The summed E-state index contributed by atoms with van der Waals surface area (Å²) in [6, 6.07) is 0. The molecule has 0 aliphatic rings. The average Bonchev–Trinajstić information content (AvgIpc) is 2.27. The van der Waals surface area contributed by atoms with Crippen molar-refractivity contribution >= 4 is 18.9 Å². The summed E-state index contributed by atoms with van der Waals surface area (Å²) in [7, 11) is 0. The zero-order chi connectivity index (χ0) is 11.7. The molecular formula is C13H18CuLi2N. The van der Waals surface area contributed by atoms with Gasteiger partial charge in [0, 0.05) is 18.9 Å². The summed E-state index contributed by atoms with van der Waals surface area (Å²) >= 11 is 0. The number of unbranched alkanes of at least 4 members (excludes halogenated alkanes) is 4. The van der Waals surface area contributed by atoms with E-state index in [2.05, 4.69) is 25.7 Å². The van der Waals surface area contributed by atoms with Crippen molar-refractivity contribution in [3.05, 3.63) is 19.4 Å². The van der Waals surface area contributed by atoms with Crippen molar-refractivity contribution in [2.45, 2.75) is 52.4 Å². The first-order valence-corrected chi connectivity index (χ1v) is 4.84. The number of nitrogens with zero attached hydrogens (tertiary/aromatic N) is 1. The van der Waals surface area contributed by atoms with Gasteiger partial charge in [-0.15, -0.1) is 0 Å². The molecule has 88 valence electrons. The quantitative estimate of drug-likeness (QED) is 0.309. The van der Waals surface area contributed by atoms with Crippen molar-refractivity contribution in [1.29, 1.82) is 5.26 Å². The maximum absolute atomic E-state index is 6.46. The summed E-state index contributed by atoms with van der Waals surface area (Å²) in [4.78, 5) is 0. The van der Waals surface area contributed by atoms with Crippen LogP contribution in [0, 0.1) is 36.5 Å². The SMILES string of the molecule is [C-]#CCCCC.[C-]#CCCCC.[C-]#N.[Cu+2].[Li+].[Li]. The van der Waals surface area contributed by atoms with E-state index in [4.69, 9.17) is 24.7 Å². The van der Waals surface area contributed by atoms with Crippen LogP contribution in [0.4, 0.5) is 0 Å². The van der Waals surface area contributed by atoms with Gasteiger partial charge in [0.05, 0.1) is 0 Å². The van der Waals surface area contributed by atoms with E-state index in [-0.39, 0.29) is 54.8 Å². The Morgan fingerprint density at radius 1 is 0.882 bits per heavy atom. The fourth-order valence-electron chi connectivity index (χ4n) is 0.530. The van der Waals surface area contributed by atoms with Gasteiger partial charge >= 0.3 is 35.9 Å². The van der Waals surface area contributed by atoms with Crippen LogP contribution in [0.1, 0.15) is 52.4 Å². The summed E-state index contributed by atoms with van der Waals surface area (Å²) in [5, 5.41) is 6.25. The molecule has 17 heavy (non-hydrogen) atoms. The van der Waals surface area contributed by atoms with Crippen LogP contribution in [0.5, 0.6) is 0 Å². The summed E-state index contributed by atoms with van der Waals surface area (Å²) in [6.07, 6.45) is 19.1. The summed E-state index contributed by atoms with van der Waals surface area (Å²) in [6.45, 7) is 8.97. The molecule has 0 aliphatic carbocycles. The molecule has 0 saturated carbocycles. The smallest absolute Gasteiger partial charge is 0.694 e. The van der Waals surface area contributed by atoms with Crippen molar-refractivity contribution in [1.82, 2.24) is 0 Å². The predicted molar refractivity (Wildman–Crippen MR) is 64.0 cm³/mol.